The van der Waals surface area contributed by atoms with Crippen molar-refractivity contribution in [2.75, 3.05) is 0 Å². The van der Waals surface area contributed by atoms with Crippen LogP contribution in [-0.4, -0.2) is 31.6 Å². The van der Waals surface area contributed by atoms with E-state index in [4.69, 9.17) is 10.8 Å². The molecule has 118 valence electrons. The van der Waals surface area contributed by atoms with Crippen LogP contribution in [0.4, 0.5) is 0 Å². The van der Waals surface area contributed by atoms with E-state index in [9.17, 15) is 13.2 Å². The summed E-state index contributed by atoms with van der Waals surface area (Å²) < 4.78 is 26.8. The van der Waals surface area contributed by atoms with Crippen molar-refractivity contribution in [3.05, 3.63) is 29.8 Å². The first-order chi connectivity index (χ1) is 9.72. The van der Waals surface area contributed by atoms with E-state index in [0.717, 1.165) is 5.56 Å². The van der Waals surface area contributed by atoms with Crippen molar-refractivity contribution < 1.29 is 18.3 Å². The van der Waals surface area contributed by atoms with Gasteiger partial charge in [0.2, 0.25) is 10.0 Å². The molecule has 1 aromatic carbocycles. The van der Waals surface area contributed by atoms with E-state index in [-0.39, 0.29) is 10.9 Å². The number of rotatable bonds is 8. The van der Waals surface area contributed by atoms with Gasteiger partial charge in [-0.2, -0.15) is 0 Å². The number of aliphatic carboxylic acids is 1. The highest BCUT2D eigenvalue weighted by molar-refractivity contribution is 7.89. The number of carboxylic acids is 1. The van der Waals surface area contributed by atoms with E-state index in [2.05, 4.69) is 4.72 Å². The number of benzene rings is 1. The number of hydrogen-bond acceptors (Lipinski definition) is 4. The number of nitrogens with two attached hydrogens (primary N) is 1. The number of hydrogen-bond donors (Lipinski definition) is 3. The molecule has 0 unspecified atom stereocenters. The van der Waals surface area contributed by atoms with Gasteiger partial charge >= 0.3 is 5.97 Å². The lowest BCUT2D eigenvalue weighted by Crippen LogP contribution is -2.34. The lowest BCUT2D eigenvalue weighted by molar-refractivity contribution is -0.138. The number of carboxylic acid groups (broad SMARTS) is 1. The zero-order chi connectivity index (χ0) is 16.0. The van der Waals surface area contributed by atoms with Crippen LogP contribution in [0, 0.1) is 6.92 Å². The molecule has 0 bridgehead atoms. The van der Waals surface area contributed by atoms with Gasteiger partial charge < -0.3 is 10.8 Å². The molecule has 0 aliphatic carbocycles. The first kappa shape index (κ1) is 17.6. The van der Waals surface area contributed by atoms with Gasteiger partial charge in [-0.05, 0) is 45.2 Å². The van der Waals surface area contributed by atoms with Crippen molar-refractivity contribution >= 4 is 16.0 Å². The van der Waals surface area contributed by atoms with Crippen molar-refractivity contribution in [2.45, 2.75) is 50.1 Å². The summed E-state index contributed by atoms with van der Waals surface area (Å²) in [4.78, 5) is 10.8. The topological polar surface area (TPSA) is 109 Å². The molecule has 6 nitrogen and oxygen atoms in total. The fourth-order valence-electron chi connectivity index (χ4n) is 1.88. The van der Waals surface area contributed by atoms with Crippen molar-refractivity contribution in [1.82, 2.24) is 4.72 Å². The molecule has 2 atom stereocenters. The molecule has 21 heavy (non-hydrogen) atoms. The standard InChI is InChI=1S/C14H22N2O4S/c1-10-6-8-12(9-7-10)21(19,20)16-11(2)4-3-5-13(15)14(17)18/h6-9,11,13,16H,3-5,15H2,1-2H3,(H,17,18)/t11-,13-/m0/s1. The van der Waals surface area contributed by atoms with Crippen LogP contribution in [0.2, 0.25) is 0 Å². The second-order valence-electron chi connectivity index (χ2n) is 5.21. The summed E-state index contributed by atoms with van der Waals surface area (Å²) >= 11 is 0. The Morgan fingerprint density at radius 2 is 1.86 bits per heavy atom. The summed E-state index contributed by atoms with van der Waals surface area (Å²) in [5, 5.41) is 8.67. The monoisotopic (exact) mass is 314 g/mol. The largest absolute Gasteiger partial charge is 0.480 e. The van der Waals surface area contributed by atoms with Gasteiger partial charge in [0.1, 0.15) is 6.04 Å². The fraction of sp³-hybridized carbons (Fsp3) is 0.500. The molecule has 0 heterocycles. The zero-order valence-electron chi connectivity index (χ0n) is 12.2. The van der Waals surface area contributed by atoms with Crippen LogP contribution in [0.25, 0.3) is 0 Å². The minimum Gasteiger partial charge on any atom is -0.480 e. The molecule has 0 radical (unpaired) electrons. The molecular weight excluding hydrogens is 292 g/mol. The van der Waals surface area contributed by atoms with Crippen LogP contribution in [0.5, 0.6) is 0 Å². The molecule has 0 aliphatic rings. The Morgan fingerprint density at radius 3 is 2.38 bits per heavy atom. The quantitative estimate of drug-likeness (QED) is 0.669. The highest BCUT2D eigenvalue weighted by Crippen LogP contribution is 2.12. The first-order valence-corrected chi connectivity index (χ1v) is 8.28. The average molecular weight is 314 g/mol. The van der Waals surface area contributed by atoms with Gasteiger partial charge in [0.05, 0.1) is 4.90 Å². The Kier molecular flexibility index (Phi) is 6.32. The summed E-state index contributed by atoms with van der Waals surface area (Å²) in [5.41, 5.74) is 6.39. The predicted molar refractivity (Wildman–Crippen MR) is 80.4 cm³/mol. The molecule has 0 spiro atoms. The van der Waals surface area contributed by atoms with E-state index in [1.165, 1.54) is 0 Å². The van der Waals surface area contributed by atoms with Gasteiger partial charge in [-0.25, -0.2) is 13.1 Å². The maximum absolute atomic E-state index is 12.1. The van der Waals surface area contributed by atoms with Gasteiger partial charge in [-0.3, -0.25) is 4.79 Å². The lowest BCUT2D eigenvalue weighted by atomic mass is 10.1. The summed E-state index contributed by atoms with van der Waals surface area (Å²) in [6.07, 6.45) is 1.41. The molecule has 0 aliphatic heterocycles. The second kappa shape index (κ2) is 7.53. The summed E-state index contributed by atoms with van der Waals surface area (Å²) in [7, 11) is -3.54. The van der Waals surface area contributed by atoms with Gasteiger partial charge in [0.25, 0.3) is 0 Å². The van der Waals surface area contributed by atoms with E-state index in [1.54, 1.807) is 31.2 Å². The fourth-order valence-corrected chi connectivity index (χ4v) is 3.15. The SMILES string of the molecule is Cc1ccc(S(=O)(=O)N[C@@H](C)CCC[C@H](N)C(=O)O)cc1. The molecule has 7 heteroatoms. The normalized spacial score (nSPS) is 14.6. The van der Waals surface area contributed by atoms with E-state index in [1.807, 2.05) is 6.92 Å². The van der Waals surface area contributed by atoms with Crippen molar-refractivity contribution in [3.63, 3.8) is 0 Å². The molecule has 0 aromatic heterocycles. The van der Waals surface area contributed by atoms with Crippen molar-refractivity contribution in [3.8, 4) is 0 Å². The molecule has 0 fully saturated rings. The Bertz CT molecular complexity index is 569. The van der Waals surface area contributed by atoms with Crippen LogP contribution in [0.15, 0.2) is 29.2 Å². The van der Waals surface area contributed by atoms with Crippen LogP contribution >= 0.6 is 0 Å². The highest BCUT2D eigenvalue weighted by atomic mass is 32.2. The first-order valence-electron chi connectivity index (χ1n) is 6.80. The molecule has 1 rings (SSSR count). The number of nitrogens with one attached hydrogen (secondary N) is 1. The molecule has 1 aromatic rings. The van der Waals surface area contributed by atoms with Crippen molar-refractivity contribution in [1.29, 1.82) is 0 Å². The van der Waals surface area contributed by atoms with Gasteiger partial charge in [-0.1, -0.05) is 17.7 Å². The maximum atomic E-state index is 12.1. The van der Waals surface area contributed by atoms with Gasteiger partial charge in [-0.15, -0.1) is 0 Å². The Hall–Kier alpha value is -1.44. The minimum absolute atomic E-state index is 0.224. The Labute approximate surface area is 125 Å². The summed E-state index contributed by atoms with van der Waals surface area (Å²) in [6.45, 7) is 3.64. The van der Waals surface area contributed by atoms with Gasteiger partial charge in [0.15, 0.2) is 0 Å². The van der Waals surface area contributed by atoms with Crippen LogP contribution < -0.4 is 10.5 Å². The molecule has 4 N–H and O–H groups in total. The molecule has 0 saturated heterocycles. The second-order valence-corrected chi connectivity index (χ2v) is 6.93. The highest BCUT2D eigenvalue weighted by Gasteiger charge is 2.18. The van der Waals surface area contributed by atoms with Crippen LogP contribution in [-0.2, 0) is 14.8 Å². The number of carbonyl (C=O) groups is 1. The molecule has 0 saturated carbocycles. The van der Waals surface area contributed by atoms with E-state index in [0.29, 0.717) is 19.3 Å². The third kappa shape index (κ3) is 5.82. The van der Waals surface area contributed by atoms with E-state index < -0.39 is 22.0 Å². The zero-order valence-corrected chi connectivity index (χ0v) is 13.1. The number of aryl methyl sites for hydroxylation is 1. The van der Waals surface area contributed by atoms with Crippen LogP contribution in [0.1, 0.15) is 31.7 Å². The number of sulfonamides is 1. The van der Waals surface area contributed by atoms with Crippen LogP contribution in [0.3, 0.4) is 0 Å². The van der Waals surface area contributed by atoms with E-state index >= 15 is 0 Å². The predicted octanol–water partition coefficient (Wildman–Crippen LogP) is 1.24. The van der Waals surface area contributed by atoms with Gasteiger partial charge in [0, 0.05) is 6.04 Å². The Morgan fingerprint density at radius 1 is 1.29 bits per heavy atom. The smallest absolute Gasteiger partial charge is 0.320 e. The Balaban J connectivity index is 2.51. The van der Waals surface area contributed by atoms with Crippen molar-refractivity contribution in [2.24, 2.45) is 5.73 Å². The third-order valence-electron chi connectivity index (χ3n) is 3.16. The summed E-state index contributed by atoms with van der Waals surface area (Å²) in [6, 6.07) is 5.43. The average Bonchev–Trinajstić information content (AvgIpc) is 2.38. The third-order valence-corrected chi connectivity index (χ3v) is 4.76. The summed E-state index contributed by atoms with van der Waals surface area (Å²) in [5.74, 6) is -1.04. The molecular formula is C14H22N2O4S. The minimum atomic E-state index is -3.54. The maximum Gasteiger partial charge on any atom is 0.320 e. The lowest BCUT2D eigenvalue weighted by Gasteiger charge is -2.15. The molecule has 0 amide bonds.